The zero-order valence-corrected chi connectivity index (χ0v) is 14.8. The Balaban J connectivity index is 1.64. The molecule has 0 aliphatic carbocycles. The summed E-state index contributed by atoms with van der Waals surface area (Å²) >= 11 is 5.91. The molecule has 1 N–H and O–H groups in total. The van der Waals surface area contributed by atoms with Gasteiger partial charge in [-0.15, -0.1) is 0 Å². The van der Waals surface area contributed by atoms with Gasteiger partial charge in [0.2, 0.25) is 5.78 Å². The van der Waals surface area contributed by atoms with Crippen LogP contribution < -0.4 is 0 Å². The van der Waals surface area contributed by atoms with Crippen molar-refractivity contribution < 1.29 is 9.90 Å². The van der Waals surface area contributed by atoms with Gasteiger partial charge in [0.25, 0.3) is 5.91 Å². The SMILES string of the molecule is CC(C)C[C@H](O)C1CCN(C(=O)c2cn3cc(Cl)cnc3n2)CC1. The van der Waals surface area contributed by atoms with E-state index in [0.29, 0.717) is 35.5 Å². The molecule has 6 nitrogen and oxygen atoms in total. The average molecular weight is 351 g/mol. The third-order valence-corrected chi connectivity index (χ3v) is 4.78. The smallest absolute Gasteiger partial charge is 0.274 e. The molecule has 1 saturated heterocycles. The van der Waals surface area contributed by atoms with Gasteiger partial charge in [0.15, 0.2) is 0 Å². The molecule has 0 bridgehead atoms. The summed E-state index contributed by atoms with van der Waals surface area (Å²) in [5.41, 5.74) is 0.381. The lowest BCUT2D eigenvalue weighted by Gasteiger charge is -2.34. The van der Waals surface area contributed by atoms with Crippen LogP contribution in [0.4, 0.5) is 0 Å². The van der Waals surface area contributed by atoms with Crippen LogP contribution in [0, 0.1) is 11.8 Å². The molecule has 1 aliphatic heterocycles. The Bertz CT molecular complexity index is 722. The van der Waals surface area contributed by atoms with Gasteiger partial charge < -0.3 is 10.0 Å². The summed E-state index contributed by atoms with van der Waals surface area (Å²) < 4.78 is 1.66. The van der Waals surface area contributed by atoms with Gasteiger partial charge in [0.1, 0.15) is 5.69 Å². The normalized spacial score (nSPS) is 17.6. The highest BCUT2D eigenvalue weighted by Crippen LogP contribution is 2.25. The lowest BCUT2D eigenvalue weighted by molar-refractivity contribution is 0.0382. The Labute approximate surface area is 146 Å². The summed E-state index contributed by atoms with van der Waals surface area (Å²) in [4.78, 5) is 22.8. The van der Waals surface area contributed by atoms with Crippen molar-refractivity contribution in [1.29, 1.82) is 0 Å². The number of imidazole rings is 1. The zero-order valence-electron chi connectivity index (χ0n) is 14.0. The highest BCUT2D eigenvalue weighted by atomic mass is 35.5. The Kier molecular flexibility index (Phi) is 5.06. The molecule has 0 saturated carbocycles. The van der Waals surface area contributed by atoms with E-state index in [2.05, 4.69) is 23.8 Å². The van der Waals surface area contributed by atoms with Crippen LogP contribution in [0.2, 0.25) is 5.02 Å². The topological polar surface area (TPSA) is 70.7 Å². The highest BCUT2D eigenvalue weighted by Gasteiger charge is 2.29. The van der Waals surface area contributed by atoms with E-state index >= 15 is 0 Å². The maximum Gasteiger partial charge on any atom is 0.274 e. The number of rotatable bonds is 4. The first-order valence-corrected chi connectivity index (χ1v) is 8.79. The molecule has 2 aromatic heterocycles. The van der Waals surface area contributed by atoms with Gasteiger partial charge in [-0.2, -0.15) is 0 Å². The van der Waals surface area contributed by atoms with E-state index in [9.17, 15) is 9.90 Å². The first kappa shape index (κ1) is 17.2. The molecule has 0 unspecified atom stereocenters. The van der Waals surface area contributed by atoms with Crippen molar-refractivity contribution in [2.45, 2.75) is 39.2 Å². The first-order chi connectivity index (χ1) is 11.4. The third kappa shape index (κ3) is 3.70. The fourth-order valence-electron chi connectivity index (χ4n) is 3.29. The third-order valence-electron chi connectivity index (χ3n) is 4.58. The van der Waals surface area contributed by atoms with E-state index in [-0.39, 0.29) is 17.9 Å². The molecule has 0 aromatic carbocycles. The summed E-state index contributed by atoms with van der Waals surface area (Å²) in [5, 5.41) is 10.8. The minimum Gasteiger partial charge on any atom is -0.393 e. The summed E-state index contributed by atoms with van der Waals surface area (Å²) in [6, 6.07) is 0. The van der Waals surface area contributed by atoms with Crippen molar-refractivity contribution in [3.63, 3.8) is 0 Å². The lowest BCUT2D eigenvalue weighted by atomic mass is 9.87. The van der Waals surface area contributed by atoms with Crippen molar-refractivity contribution in [3.05, 3.63) is 29.3 Å². The number of hydrogen-bond donors (Lipinski definition) is 1. The lowest BCUT2D eigenvalue weighted by Crippen LogP contribution is -2.41. The number of halogens is 1. The number of amides is 1. The summed E-state index contributed by atoms with van der Waals surface area (Å²) in [5.74, 6) is 1.13. The van der Waals surface area contributed by atoms with Crippen molar-refractivity contribution in [2.24, 2.45) is 11.8 Å². The second-order valence-corrected chi connectivity index (χ2v) is 7.37. The Morgan fingerprint density at radius 3 is 2.75 bits per heavy atom. The maximum absolute atomic E-state index is 12.6. The molecule has 2 aromatic rings. The zero-order chi connectivity index (χ0) is 17.3. The van der Waals surface area contributed by atoms with Crippen molar-refractivity contribution in [2.75, 3.05) is 13.1 Å². The second kappa shape index (κ2) is 7.07. The highest BCUT2D eigenvalue weighted by molar-refractivity contribution is 6.30. The van der Waals surface area contributed by atoms with Crippen LogP contribution in [0.15, 0.2) is 18.6 Å². The predicted molar refractivity (Wildman–Crippen MR) is 92.1 cm³/mol. The number of aliphatic hydroxyl groups is 1. The number of carbonyl (C=O) groups is 1. The number of aliphatic hydroxyl groups excluding tert-OH is 1. The van der Waals surface area contributed by atoms with E-state index in [0.717, 1.165) is 19.3 Å². The van der Waals surface area contributed by atoms with Crippen LogP contribution in [0.1, 0.15) is 43.6 Å². The molecule has 0 radical (unpaired) electrons. The molecule has 1 fully saturated rings. The largest absolute Gasteiger partial charge is 0.393 e. The molecule has 1 aliphatic rings. The van der Waals surface area contributed by atoms with Crippen LogP contribution in [0.25, 0.3) is 5.78 Å². The minimum absolute atomic E-state index is 0.0894. The van der Waals surface area contributed by atoms with Crippen molar-refractivity contribution in [3.8, 4) is 0 Å². The molecule has 0 spiro atoms. The Morgan fingerprint density at radius 2 is 2.08 bits per heavy atom. The Hall–Kier alpha value is -1.66. The van der Waals surface area contributed by atoms with Gasteiger partial charge in [-0.1, -0.05) is 25.4 Å². The standard InChI is InChI=1S/C17H23ClN4O2/c1-11(2)7-15(23)12-3-5-21(6-4-12)16(24)14-10-22-9-13(18)8-19-17(22)20-14/h8-12,15,23H,3-7H2,1-2H3/t15-/m0/s1. The molecule has 3 heterocycles. The van der Waals surface area contributed by atoms with Gasteiger partial charge in [0, 0.05) is 25.5 Å². The van der Waals surface area contributed by atoms with E-state index in [1.807, 2.05) is 4.90 Å². The molecule has 3 rings (SSSR count). The quantitative estimate of drug-likeness (QED) is 0.920. The van der Waals surface area contributed by atoms with Crippen LogP contribution in [-0.4, -0.2) is 49.5 Å². The molecule has 130 valence electrons. The van der Waals surface area contributed by atoms with Crippen LogP contribution in [-0.2, 0) is 0 Å². The second-order valence-electron chi connectivity index (χ2n) is 6.93. The number of nitrogens with zero attached hydrogens (tertiary/aromatic N) is 4. The fraction of sp³-hybridized carbons (Fsp3) is 0.588. The van der Waals surface area contributed by atoms with Crippen molar-refractivity contribution >= 4 is 23.3 Å². The van der Waals surface area contributed by atoms with Gasteiger partial charge in [-0.25, -0.2) is 9.97 Å². The number of piperidine rings is 1. The van der Waals surface area contributed by atoms with E-state index < -0.39 is 0 Å². The summed E-state index contributed by atoms with van der Waals surface area (Å²) in [6.45, 7) is 5.54. The van der Waals surface area contributed by atoms with Gasteiger partial charge in [-0.3, -0.25) is 9.20 Å². The number of likely N-dealkylation sites (tertiary alicyclic amines) is 1. The maximum atomic E-state index is 12.6. The molecule has 1 atom stereocenters. The van der Waals surface area contributed by atoms with Crippen molar-refractivity contribution in [1.82, 2.24) is 19.3 Å². The number of fused-ring (bicyclic) bond motifs is 1. The number of aromatic nitrogens is 3. The number of carbonyl (C=O) groups excluding carboxylic acids is 1. The molecule has 1 amide bonds. The van der Waals surface area contributed by atoms with Crippen LogP contribution in [0.3, 0.4) is 0 Å². The van der Waals surface area contributed by atoms with E-state index in [1.165, 1.54) is 6.20 Å². The molecular formula is C17H23ClN4O2. The predicted octanol–water partition coefficient (Wildman–Crippen LogP) is 2.64. The number of hydrogen-bond acceptors (Lipinski definition) is 4. The van der Waals surface area contributed by atoms with E-state index in [1.54, 1.807) is 16.8 Å². The fourth-order valence-corrected chi connectivity index (χ4v) is 3.44. The monoisotopic (exact) mass is 350 g/mol. The molecular weight excluding hydrogens is 328 g/mol. The van der Waals surface area contributed by atoms with Gasteiger partial charge in [0.05, 0.1) is 17.3 Å². The van der Waals surface area contributed by atoms with Crippen LogP contribution in [0.5, 0.6) is 0 Å². The van der Waals surface area contributed by atoms with E-state index in [4.69, 9.17) is 11.6 Å². The van der Waals surface area contributed by atoms with Gasteiger partial charge >= 0.3 is 0 Å². The first-order valence-electron chi connectivity index (χ1n) is 8.41. The average Bonchev–Trinajstić information content (AvgIpc) is 2.96. The molecule has 7 heteroatoms. The summed E-state index contributed by atoms with van der Waals surface area (Å²) in [7, 11) is 0. The summed E-state index contributed by atoms with van der Waals surface area (Å²) in [6.07, 6.45) is 7.06. The van der Waals surface area contributed by atoms with Gasteiger partial charge in [-0.05, 0) is 31.1 Å². The Morgan fingerprint density at radius 1 is 1.38 bits per heavy atom. The minimum atomic E-state index is -0.274. The van der Waals surface area contributed by atoms with Crippen LogP contribution >= 0.6 is 11.6 Å². The molecule has 24 heavy (non-hydrogen) atoms.